The van der Waals surface area contributed by atoms with E-state index in [4.69, 9.17) is 0 Å². The maximum absolute atomic E-state index is 4.00. The van der Waals surface area contributed by atoms with E-state index in [9.17, 15) is 0 Å². The minimum atomic E-state index is 0.977. The SMILES string of the molecule is C=C/C=C\C=C1\C=NC=CC1. The van der Waals surface area contributed by atoms with Gasteiger partial charge >= 0.3 is 0 Å². The summed E-state index contributed by atoms with van der Waals surface area (Å²) < 4.78 is 0. The summed E-state index contributed by atoms with van der Waals surface area (Å²) in [5, 5.41) is 0. The van der Waals surface area contributed by atoms with Crippen molar-refractivity contribution in [1.82, 2.24) is 0 Å². The summed E-state index contributed by atoms with van der Waals surface area (Å²) in [6.07, 6.45) is 14.4. The topological polar surface area (TPSA) is 12.4 Å². The highest BCUT2D eigenvalue weighted by atomic mass is 14.7. The van der Waals surface area contributed by atoms with Gasteiger partial charge < -0.3 is 0 Å². The van der Waals surface area contributed by atoms with Crippen LogP contribution in [-0.2, 0) is 0 Å². The molecule has 1 aliphatic heterocycles. The third kappa shape index (κ3) is 2.80. The Labute approximate surface area is 67.2 Å². The molecule has 0 atom stereocenters. The molecule has 1 nitrogen and oxygen atoms in total. The highest BCUT2D eigenvalue weighted by Crippen LogP contribution is 2.04. The van der Waals surface area contributed by atoms with E-state index in [1.165, 1.54) is 5.57 Å². The fourth-order valence-corrected chi connectivity index (χ4v) is 0.810. The van der Waals surface area contributed by atoms with Crippen LogP contribution in [0.4, 0.5) is 0 Å². The van der Waals surface area contributed by atoms with Gasteiger partial charge in [0.2, 0.25) is 0 Å². The van der Waals surface area contributed by atoms with E-state index in [1.54, 1.807) is 6.08 Å². The lowest BCUT2D eigenvalue weighted by Gasteiger charge is -1.97. The summed E-state index contributed by atoms with van der Waals surface area (Å²) in [5.74, 6) is 0. The largest absolute Gasteiger partial charge is 0.265 e. The molecule has 0 aromatic rings. The van der Waals surface area contributed by atoms with Crippen LogP contribution in [0.15, 0.2) is 53.7 Å². The van der Waals surface area contributed by atoms with Gasteiger partial charge in [0.25, 0.3) is 0 Å². The van der Waals surface area contributed by atoms with Crippen LogP contribution < -0.4 is 0 Å². The summed E-state index contributed by atoms with van der Waals surface area (Å²) >= 11 is 0. The van der Waals surface area contributed by atoms with E-state index in [0.717, 1.165) is 6.42 Å². The molecule has 0 radical (unpaired) electrons. The smallest absolute Gasteiger partial charge is 0.0302 e. The number of nitrogens with zero attached hydrogens (tertiary/aromatic N) is 1. The standard InChI is InChI=1S/C10H11N/c1-2-3-4-6-10-7-5-8-11-9-10/h2-6,8-9H,1,7H2/b4-3-,10-6+. The molecular formula is C10H11N. The predicted molar refractivity (Wildman–Crippen MR) is 49.7 cm³/mol. The molecule has 1 rings (SSSR count). The van der Waals surface area contributed by atoms with Gasteiger partial charge in [-0.3, -0.25) is 4.99 Å². The van der Waals surface area contributed by atoms with E-state index in [1.807, 2.05) is 36.7 Å². The fourth-order valence-electron chi connectivity index (χ4n) is 0.810. The first-order chi connectivity index (χ1) is 5.43. The Kier molecular flexibility index (Phi) is 3.13. The maximum atomic E-state index is 4.00. The van der Waals surface area contributed by atoms with Gasteiger partial charge in [-0.25, -0.2) is 0 Å². The average Bonchev–Trinajstić information content (AvgIpc) is 2.07. The van der Waals surface area contributed by atoms with Gasteiger partial charge in [0.05, 0.1) is 0 Å². The molecular weight excluding hydrogens is 134 g/mol. The normalized spacial score (nSPS) is 19.8. The van der Waals surface area contributed by atoms with Crippen molar-refractivity contribution in [1.29, 1.82) is 0 Å². The number of rotatable bonds is 2. The lowest BCUT2D eigenvalue weighted by Crippen LogP contribution is -1.85. The molecule has 0 saturated heterocycles. The number of allylic oxidation sites excluding steroid dienone is 6. The molecule has 1 heteroatoms. The van der Waals surface area contributed by atoms with Crippen molar-refractivity contribution in [2.45, 2.75) is 6.42 Å². The summed E-state index contributed by atoms with van der Waals surface area (Å²) in [6, 6.07) is 0. The highest BCUT2D eigenvalue weighted by molar-refractivity contribution is 5.80. The summed E-state index contributed by atoms with van der Waals surface area (Å²) in [6.45, 7) is 3.58. The van der Waals surface area contributed by atoms with Gasteiger partial charge in [0.1, 0.15) is 0 Å². The lowest BCUT2D eigenvalue weighted by molar-refractivity contribution is 1.27. The molecule has 0 bridgehead atoms. The van der Waals surface area contributed by atoms with Crippen LogP contribution in [0.3, 0.4) is 0 Å². The maximum Gasteiger partial charge on any atom is 0.0302 e. The second kappa shape index (κ2) is 4.45. The second-order valence-corrected chi connectivity index (χ2v) is 2.23. The third-order valence-electron chi connectivity index (χ3n) is 1.34. The first kappa shape index (κ1) is 7.73. The van der Waals surface area contributed by atoms with Crippen molar-refractivity contribution in [3.63, 3.8) is 0 Å². The van der Waals surface area contributed by atoms with E-state index >= 15 is 0 Å². The molecule has 1 aliphatic rings. The Bertz CT molecular complexity index is 242. The molecule has 0 fully saturated rings. The number of hydrogen-bond acceptors (Lipinski definition) is 1. The molecule has 0 aromatic heterocycles. The van der Waals surface area contributed by atoms with Crippen molar-refractivity contribution in [3.8, 4) is 0 Å². The molecule has 0 spiro atoms. The van der Waals surface area contributed by atoms with E-state index in [-0.39, 0.29) is 0 Å². The van der Waals surface area contributed by atoms with E-state index in [0.29, 0.717) is 0 Å². The van der Waals surface area contributed by atoms with Gasteiger partial charge in [0.15, 0.2) is 0 Å². The highest BCUT2D eigenvalue weighted by Gasteiger charge is 1.90. The van der Waals surface area contributed by atoms with Gasteiger partial charge in [-0.1, -0.05) is 37.0 Å². The Morgan fingerprint density at radius 1 is 1.45 bits per heavy atom. The van der Waals surface area contributed by atoms with Crippen LogP contribution in [0, 0.1) is 0 Å². The van der Waals surface area contributed by atoms with Crippen molar-refractivity contribution in [2.75, 3.05) is 0 Å². The van der Waals surface area contributed by atoms with Crippen LogP contribution in [0.2, 0.25) is 0 Å². The Hall–Kier alpha value is -1.37. The molecule has 0 unspecified atom stereocenters. The minimum Gasteiger partial charge on any atom is -0.265 e. The molecule has 11 heavy (non-hydrogen) atoms. The van der Waals surface area contributed by atoms with E-state index < -0.39 is 0 Å². The lowest BCUT2D eigenvalue weighted by atomic mass is 10.1. The minimum absolute atomic E-state index is 0.977. The Balaban J connectivity index is 2.53. The first-order valence-corrected chi connectivity index (χ1v) is 3.60. The second-order valence-electron chi connectivity index (χ2n) is 2.23. The fraction of sp³-hybridized carbons (Fsp3) is 0.100. The van der Waals surface area contributed by atoms with Crippen LogP contribution in [0.25, 0.3) is 0 Å². The molecule has 0 saturated carbocycles. The molecule has 0 aromatic carbocycles. The zero-order valence-corrected chi connectivity index (χ0v) is 6.40. The summed E-state index contributed by atoms with van der Waals surface area (Å²) in [7, 11) is 0. The van der Waals surface area contributed by atoms with Crippen LogP contribution >= 0.6 is 0 Å². The first-order valence-electron chi connectivity index (χ1n) is 3.60. The quantitative estimate of drug-likeness (QED) is 0.530. The van der Waals surface area contributed by atoms with Crippen molar-refractivity contribution < 1.29 is 0 Å². The summed E-state index contributed by atoms with van der Waals surface area (Å²) in [4.78, 5) is 4.00. The third-order valence-corrected chi connectivity index (χ3v) is 1.34. The molecule has 0 aliphatic carbocycles. The van der Waals surface area contributed by atoms with Gasteiger partial charge in [-0.05, 0) is 12.0 Å². The predicted octanol–water partition coefficient (Wildman–Crippen LogP) is 2.64. The average molecular weight is 145 g/mol. The monoisotopic (exact) mass is 145 g/mol. The summed E-state index contributed by atoms with van der Waals surface area (Å²) in [5.41, 5.74) is 1.23. The Morgan fingerprint density at radius 2 is 2.36 bits per heavy atom. The molecule has 0 amide bonds. The Morgan fingerprint density at radius 3 is 3.00 bits per heavy atom. The van der Waals surface area contributed by atoms with Gasteiger partial charge in [-0.2, -0.15) is 0 Å². The van der Waals surface area contributed by atoms with Crippen molar-refractivity contribution in [3.05, 3.63) is 48.7 Å². The molecule has 0 N–H and O–H groups in total. The van der Waals surface area contributed by atoms with Crippen molar-refractivity contribution in [2.24, 2.45) is 4.99 Å². The van der Waals surface area contributed by atoms with Crippen LogP contribution in [0.1, 0.15) is 6.42 Å². The molecule has 1 heterocycles. The van der Waals surface area contributed by atoms with E-state index in [2.05, 4.69) is 11.6 Å². The zero-order valence-electron chi connectivity index (χ0n) is 6.40. The molecule has 56 valence electrons. The van der Waals surface area contributed by atoms with Crippen LogP contribution in [-0.4, -0.2) is 6.21 Å². The van der Waals surface area contributed by atoms with Crippen molar-refractivity contribution >= 4 is 6.21 Å². The number of hydrogen-bond donors (Lipinski definition) is 0. The number of aliphatic imine (C=N–C) groups is 1. The van der Waals surface area contributed by atoms with Gasteiger partial charge in [0, 0.05) is 12.4 Å². The zero-order chi connectivity index (χ0) is 7.94. The van der Waals surface area contributed by atoms with Crippen LogP contribution in [0.5, 0.6) is 0 Å². The van der Waals surface area contributed by atoms with Gasteiger partial charge in [-0.15, -0.1) is 0 Å².